The number of carbonyl (C=O) groups excluding carboxylic acids is 1. The summed E-state index contributed by atoms with van der Waals surface area (Å²) in [5.41, 5.74) is 2.63. The fourth-order valence-corrected chi connectivity index (χ4v) is 4.06. The molecule has 0 unspecified atom stereocenters. The van der Waals surface area contributed by atoms with Gasteiger partial charge in [0.1, 0.15) is 11.8 Å². The zero-order chi connectivity index (χ0) is 16.4. The zero-order valence-corrected chi connectivity index (χ0v) is 13.9. The first-order valence-corrected chi connectivity index (χ1v) is 8.98. The van der Waals surface area contributed by atoms with Gasteiger partial charge in [0.25, 0.3) is 0 Å². The standard InChI is InChI=1S/C20H24N2O2/c23-20(16-7-1-2-8-16)21-14-18(19-10-5-13-24-19)22-12-11-15-6-3-4-9-17(15)22/h3-6,9-10,13,16,18H,1-2,7-8,11-12,14H2,(H,21,23)/t18-/m1/s1. The van der Waals surface area contributed by atoms with Crippen molar-refractivity contribution in [3.8, 4) is 0 Å². The summed E-state index contributed by atoms with van der Waals surface area (Å²) in [6.45, 7) is 1.56. The third-order valence-corrected chi connectivity index (χ3v) is 5.37. The van der Waals surface area contributed by atoms with Crippen LogP contribution in [-0.4, -0.2) is 19.0 Å². The minimum Gasteiger partial charge on any atom is -0.467 e. The molecule has 2 aliphatic rings. The van der Waals surface area contributed by atoms with Crippen LogP contribution in [0.2, 0.25) is 0 Å². The Labute approximate surface area is 142 Å². The molecule has 2 aromatic rings. The van der Waals surface area contributed by atoms with Crippen molar-refractivity contribution in [1.82, 2.24) is 5.32 Å². The molecule has 0 spiro atoms. The van der Waals surface area contributed by atoms with E-state index in [0.29, 0.717) is 6.54 Å². The second-order valence-corrected chi connectivity index (χ2v) is 6.83. The van der Waals surface area contributed by atoms with Crippen molar-refractivity contribution in [1.29, 1.82) is 0 Å². The second-order valence-electron chi connectivity index (χ2n) is 6.83. The van der Waals surface area contributed by atoms with Gasteiger partial charge in [0, 0.05) is 24.7 Å². The molecule has 4 rings (SSSR count). The Kier molecular flexibility index (Phi) is 4.28. The molecule has 1 atom stereocenters. The van der Waals surface area contributed by atoms with Crippen molar-refractivity contribution in [2.45, 2.75) is 38.1 Å². The Balaban J connectivity index is 1.52. The molecule has 2 heterocycles. The van der Waals surface area contributed by atoms with Crippen LogP contribution in [0.1, 0.15) is 43.0 Å². The van der Waals surface area contributed by atoms with Gasteiger partial charge in [0.15, 0.2) is 0 Å². The number of furan rings is 1. The molecule has 0 bridgehead atoms. The third kappa shape index (κ3) is 2.93. The lowest BCUT2D eigenvalue weighted by Gasteiger charge is -2.29. The predicted molar refractivity (Wildman–Crippen MR) is 93.9 cm³/mol. The first-order chi connectivity index (χ1) is 11.8. The molecule has 1 amide bonds. The molecule has 1 aromatic heterocycles. The molecule has 1 saturated carbocycles. The van der Waals surface area contributed by atoms with E-state index in [4.69, 9.17) is 4.42 Å². The van der Waals surface area contributed by atoms with Crippen molar-refractivity contribution < 1.29 is 9.21 Å². The van der Waals surface area contributed by atoms with Crippen molar-refractivity contribution >= 4 is 11.6 Å². The maximum Gasteiger partial charge on any atom is 0.223 e. The van der Waals surface area contributed by atoms with Gasteiger partial charge in [-0.2, -0.15) is 0 Å². The van der Waals surface area contributed by atoms with Crippen LogP contribution >= 0.6 is 0 Å². The third-order valence-electron chi connectivity index (χ3n) is 5.37. The largest absolute Gasteiger partial charge is 0.467 e. The topological polar surface area (TPSA) is 45.5 Å². The number of amides is 1. The smallest absolute Gasteiger partial charge is 0.223 e. The average Bonchev–Trinajstić information content (AvgIpc) is 3.37. The van der Waals surface area contributed by atoms with Crippen molar-refractivity contribution in [2.75, 3.05) is 18.0 Å². The van der Waals surface area contributed by atoms with Crippen LogP contribution in [0.5, 0.6) is 0 Å². The van der Waals surface area contributed by atoms with Gasteiger partial charge in [0.2, 0.25) is 5.91 Å². The van der Waals surface area contributed by atoms with Crippen molar-refractivity contribution in [3.05, 3.63) is 54.0 Å². The Hall–Kier alpha value is -2.23. The molecule has 24 heavy (non-hydrogen) atoms. The molecule has 4 heteroatoms. The summed E-state index contributed by atoms with van der Waals surface area (Å²) in [7, 11) is 0. The van der Waals surface area contributed by atoms with E-state index < -0.39 is 0 Å². The second kappa shape index (κ2) is 6.71. The fraction of sp³-hybridized carbons (Fsp3) is 0.450. The van der Waals surface area contributed by atoms with Gasteiger partial charge >= 0.3 is 0 Å². The average molecular weight is 324 g/mol. The number of rotatable bonds is 5. The van der Waals surface area contributed by atoms with E-state index in [0.717, 1.165) is 31.6 Å². The minimum absolute atomic E-state index is 0.0500. The minimum atomic E-state index is 0.0500. The van der Waals surface area contributed by atoms with Crippen LogP contribution < -0.4 is 10.2 Å². The van der Waals surface area contributed by atoms with E-state index in [1.807, 2.05) is 12.1 Å². The first kappa shape index (κ1) is 15.3. The SMILES string of the molecule is O=C(NC[C@H](c1ccco1)N1CCc2ccccc21)C1CCCC1. The maximum absolute atomic E-state index is 12.4. The Morgan fingerprint density at radius 2 is 2.04 bits per heavy atom. The molecule has 1 N–H and O–H groups in total. The van der Waals surface area contributed by atoms with E-state index in [9.17, 15) is 4.79 Å². The van der Waals surface area contributed by atoms with Gasteiger partial charge in [-0.1, -0.05) is 31.0 Å². The van der Waals surface area contributed by atoms with Gasteiger partial charge in [-0.05, 0) is 43.0 Å². The Morgan fingerprint density at radius 1 is 1.21 bits per heavy atom. The van der Waals surface area contributed by atoms with Gasteiger partial charge in [-0.25, -0.2) is 0 Å². The van der Waals surface area contributed by atoms with Gasteiger partial charge in [-0.3, -0.25) is 4.79 Å². The first-order valence-electron chi connectivity index (χ1n) is 8.98. The Bertz CT molecular complexity index is 689. The maximum atomic E-state index is 12.4. The highest BCUT2D eigenvalue weighted by Crippen LogP contribution is 2.35. The summed E-state index contributed by atoms with van der Waals surface area (Å²) in [6.07, 6.45) is 7.18. The number of carbonyl (C=O) groups is 1. The van der Waals surface area contributed by atoms with Gasteiger partial charge in [0.05, 0.1) is 6.26 Å². The number of hydrogen-bond acceptors (Lipinski definition) is 3. The lowest BCUT2D eigenvalue weighted by atomic mass is 10.1. The lowest BCUT2D eigenvalue weighted by molar-refractivity contribution is -0.124. The van der Waals surface area contributed by atoms with Crippen molar-refractivity contribution in [3.63, 3.8) is 0 Å². The van der Waals surface area contributed by atoms with Crippen LogP contribution in [-0.2, 0) is 11.2 Å². The van der Waals surface area contributed by atoms with E-state index in [1.165, 1.54) is 24.1 Å². The van der Waals surface area contributed by atoms with Crippen LogP contribution in [0.25, 0.3) is 0 Å². The highest BCUT2D eigenvalue weighted by Gasteiger charge is 2.30. The molecule has 126 valence electrons. The van der Waals surface area contributed by atoms with Gasteiger partial charge in [-0.15, -0.1) is 0 Å². The zero-order valence-electron chi connectivity index (χ0n) is 13.9. The molecule has 1 aliphatic heterocycles. The van der Waals surface area contributed by atoms with Crippen LogP contribution in [0.4, 0.5) is 5.69 Å². The van der Waals surface area contributed by atoms with E-state index in [-0.39, 0.29) is 17.9 Å². The molecular weight excluding hydrogens is 300 g/mol. The molecule has 0 saturated heterocycles. The van der Waals surface area contributed by atoms with Crippen LogP contribution in [0.15, 0.2) is 47.1 Å². The quantitative estimate of drug-likeness (QED) is 0.912. The molecule has 1 fully saturated rings. The van der Waals surface area contributed by atoms with Crippen molar-refractivity contribution in [2.24, 2.45) is 5.92 Å². The monoisotopic (exact) mass is 324 g/mol. The van der Waals surface area contributed by atoms with Crippen LogP contribution in [0.3, 0.4) is 0 Å². The highest BCUT2D eigenvalue weighted by atomic mass is 16.3. The summed E-state index contributed by atoms with van der Waals surface area (Å²) >= 11 is 0. The number of hydrogen-bond donors (Lipinski definition) is 1. The molecule has 4 nitrogen and oxygen atoms in total. The molecule has 0 radical (unpaired) electrons. The summed E-state index contributed by atoms with van der Waals surface area (Å²) in [5, 5.41) is 3.18. The predicted octanol–water partition coefficient (Wildman–Crippen LogP) is 3.69. The number of para-hydroxylation sites is 1. The number of anilines is 1. The molecule has 1 aromatic carbocycles. The van der Waals surface area contributed by atoms with E-state index in [2.05, 4.69) is 34.5 Å². The van der Waals surface area contributed by atoms with Gasteiger partial charge < -0.3 is 14.6 Å². The summed E-state index contributed by atoms with van der Waals surface area (Å²) in [6, 6.07) is 12.5. The Morgan fingerprint density at radius 3 is 2.83 bits per heavy atom. The summed E-state index contributed by atoms with van der Waals surface area (Å²) < 4.78 is 5.69. The normalized spacial score (nSPS) is 18.6. The molecular formula is C20H24N2O2. The van der Waals surface area contributed by atoms with E-state index >= 15 is 0 Å². The number of benzene rings is 1. The lowest BCUT2D eigenvalue weighted by Crippen LogP contribution is -2.39. The van der Waals surface area contributed by atoms with Crippen LogP contribution in [0, 0.1) is 5.92 Å². The number of nitrogens with one attached hydrogen (secondary N) is 1. The molecule has 1 aliphatic carbocycles. The number of fused-ring (bicyclic) bond motifs is 1. The fourth-order valence-electron chi connectivity index (χ4n) is 4.06. The highest BCUT2D eigenvalue weighted by molar-refractivity contribution is 5.79. The number of nitrogens with zero attached hydrogens (tertiary/aromatic N) is 1. The summed E-state index contributed by atoms with van der Waals surface area (Å²) in [4.78, 5) is 14.8. The van der Waals surface area contributed by atoms with E-state index in [1.54, 1.807) is 6.26 Å². The summed E-state index contributed by atoms with van der Waals surface area (Å²) in [5.74, 6) is 1.32.